The Hall–Kier alpha value is -2.93. The van der Waals surface area contributed by atoms with Gasteiger partial charge in [-0.25, -0.2) is 17.8 Å². The summed E-state index contributed by atoms with van der Waals surface area (Å²) in [4.78, 5) is 26.8. The average Bonchev–Trinajstić information content (AvgIpc) is 2.97. The van der Waals surface area contributed by atoms with Gasteiger partial charge >= 0.3 is 12.3 Å². The molecule has 40 heavy (non-hydrogen) atoms. The maximum absolute atomic E-state index is 14.0. The van der Waals surface area contributed by atoms with Gasteiger partial charge < -0.3 is 15.0 Å². The Balaban J connectivity index is 1.98. The van der Waals surface area contributed by atoms with Gasteiger partial charge in [0.25, 0.3) is 5.91 Å². The summed E-state index contributed by atoms with van der Waals surface area (Å²) >= 11 is 5.90. The molecule has 0 unspecified atom stereocenters. The second-order valence-corrected chi connectivity index (χ2v) is 13.1. The van der Waals surface area contributed by atoms with Gasteiger partial charge in [-0.05, 0) is 57.5 Å². The number of rotatable bonds is 4. The zero-order valence-corrected chi connectivity index (χ0v) is 23.8. The van der Waals surface area contributed by atoms with Crippen LogP contribution in [0.3, 0.4) is 0 Å². The Labute approximate surface area is 234 Å². The van der Waals surface area contributed by atoms with Gasteiger partial charge in [0.15, 0.2) is 0 Å². The van der Waals surface area contributed by atoms with E-state index in [4.69, 9.17) is 16.3 Å². The standard InChI is InChI=1S/C26H29ClF5N3O4S/c1-24(2,3)39-23(37)34-40(4,38)17-8-5-7-16(13-17)33-22(36)18-14-20(27)19(26(30,31)32)15-21(18)35-11-6-9-25(28,29)10-12-35/h5,7-8,13-15H,6,9-12H2,1-4H3,(H,33,36)/t40-/m1/s1. The quantitative estimate of drug-likeness (QED) is 0.360. The molecule has 1 heterocycles. The van der Waals surface area contributed by atoms with Crippen molar-refractivity contribution in [2.75, 3.05) is 29.6 Å². The van der Waals surface area contributed by atoms with Crippen LogP contribution < -0.4 is 10.2 Å². The van der Waals surface area contributed by atoms with Crippen molar-refractivity contribution in [2.24, 2.45) is 4.36 Å². The molecule has 2 aromatic rings. The number of ether oxygens (including phenoxy) is 1. The first-order valence-corrected chi connectivity index (χ1v) is 14.5. The van der Waals surface area contributed by atoms with Crippen molar-refractivity contribution >= 4 is 44.7 Å². The summed E-state index contributed by atoms with van der Waals surface area (Å²) in [6.07, 6.45) is -5.69. The van der Waals surface area contributed by atoms with Crippen molar-refractivity contribution < 1.29 is 40.5 Å². The summed E-state index contributed by atoms with van der Waals surface area (Å²) in [6, 6.07) is 7.13. The van der Waals surface area contributed by atoms with Gasteiger partial charge in [-0.3, -0.25) is 4.79 Å². The summed E-state index contributed by atoms with van der Waals surface area (Å²) in [7, 11) is -3.30. The molecule has 0 saturated carbocycles. The molecule has 7 nitrogen and oxygen atoms in total. The maximum Gasteiger partial charge on any atom is 0.442 e. The fraction of sp³-hybridized carbons (Fsp3) is 0.462. The number of amides is 2. The van der Waals surface area contributed by atoms with E-state index < -0.39 is 62.9 Å². The topological polar surface area (TPSA) is 88.1 Å². The number of nitrogens with zero attached hydrogens (tertiary/aromatic N) is 2. The van der Waals surface area contributed by atoms with E-state index in [2.05, 4.69) is 9.68 Å². The van der Waals surface area contributed by atoms with Gasteiger partial charge in [-0.15, -0.1) is 4.36 Å². The lowest BCUT2D eigenvalue weighted by atomic mass is 10.1. The van der Waals surface area contributed by atoms with Crippen LogP contribution in [0, 0.1) is 0 Å². The van der Waals surface area contributed by atoms with Crippen LogP contribution in [0.4, 0.5) is 38.1 Å². The highest BCUT2D eigenvalue weighted by Crippen LogP contribution is 2.40. The van der Waals surface area contributed by atoms with Crippen molar-refractivity contribution in [3.63, 3.8) is 0 Å². The highest BCUT2D eigenvalue weighted by atomic mass is 35.5. The Kier molecular flexibility index (Phi) is 9.10. The van der Waals surface area contributed by atoms with Crippen LogP contribution in [0.2, 0.25) is 5.02 Å². The molecule has 1 atom stereocenters. The fourth-order valence-electron chi connectivity index (χ4n) is 4.01. The second-order valence-electron chi connectivity index (χ2n) is 10.4. The number of hydrogen-bond donors (Lipinski definition) is 1. The number of hydrogen-bond acceptors (Lipinski definition) is 5. The average molecular weight is 610 g/mol. The third-order valence-corrected chi connectivity index (χ3v) is 7.80. The molecule has 1 N–H and O–H groups in total. The minimum atomic E-state index is -4.84. The molecule has 0 spiro atoms. The monoisotopic (exact) mass is 609 g/mol. The highest BCUT2D eigenvalue weighted by molar-refractivity contribution is 7.93. The van der Waals surface area contributed by atoms with Crippen molar-refractivity contribution in [1.82, 2.24) is 0 Å². The third-order valence-electron chi connectivity index (χ3n) is 5.87. The van der Waals surface area contributed by atoms with E-state index in [0.29, 0.717) is 6.07 Å². The molecular weight excluding hydrogens is 581 g/mol. The normalized spacial score (nSPS) is 17.4. The number of anilines is 2. The molecule has 0 bridgehead atoms. The maximum atomic E-state index is 14.0. The fourth-order valence-corrected chi connectivity index (χ4v) is 5.39. The van der Waals surface area contributed by atoms with Gasteiger partial charge in [0.2, 0.25) is 5.92 Å². The predicted octanol–water partition coefficient (Wildman–Crippen LogP) is 7.63. The van der Waals surface area contributed by atoms with E-state index in [-0.39, 0.29) is 41.3 Å². The largest absolute Gasteiger partial charge is 0.442 e. The lowest BCUT2D eigenvalue weighted by Gasteiger charge is -2.27. The molecule has 2 amide bonds. The Morgan fingerprint density at radius 3 is 2.40 bits per heavy atom. The first-order chi connectivity index (χ1) is 18.3. The van der Waals surface area contributed by atoms with E-state index in [9.17, 15) is 35.8 Å². The number of carbonyl (C=O) groups is 2. The molecule has 220 valence electrons. The zero-order valence-electron chi connectivity index (χ0n) is 22.2. The molecule has 0 radical (unpaired) electrons. The minimum absolute atomic E-state index is 0.00604. The first kappa shape index (κ1) is 31.6. The van der Waals surface area contributed by atoms with Crippen molar-refractivity contribution in [3.05, 3.63) is 52.5 Å². The Morgan fingerprint density at radius 1 is 1.10 bits per heavy atom. The van der Waals surface area contributed by atoms with E-state index in [1.54, 1.807) is 20.8 Å². The SMILES string of the molecule is CC(C)(C)OC(=O)N=[S@](C)(=O)c1cccc(NC(=O)c2cc(Cl)c(C(F)(F)F)cc2N2CCCC(F)(F)CC2)c1. The van der Waals surface area contributed by atoms with Crippen LogP contribution >= 0.6 is 11.6 Å². The third kappa shape index (κ3) is 8.29. The van der Waals surface area contributed by atoms with Crippen molar-refractivity contribution in [3.8, 4) is 0 Å². The van der Waals surface area contributed by atoms with Gasteiger partial charge in [-0.2, -0.15) is 13.2 Å². The summed E-state index contributed by atoms with van der Waals surface area (Å²) in [5.74, 6) is -3.85. The second kappa shape index (κ2) is 11.5. The molecule has 2 aromatic carbocycles. The molecule has 1 aliphatic rings. The number of alkyl halides is 5. The van der Waals surface area contributed by atoms with Crippen LogP contribution in [0.25, 0.3) is 0 Å². The van der Waals surface area contributed by atoms with Crippen molar-refractivity contribution in [2.45, 2.75) is 62.6 Å². The zero-order chi connectivity index (χ0) is 30.1. The number of halogens is 6. The van der Waals surface area contributed by atoms with Gasteiger partial charge in [0, 0.05) is 42.8 Å². The molecule has 3 rings (SSSR count). The molecule has 1 aliphatic heterocycles. The summed E-state index contributed by atoms with van der Waals surface area (Å²) in [5, 5.41) is 1.79. The van der Waals surface area contributed by atoms with Gasteiger partial charge in [-0.1, -0.05) is 17.7 Å². The van der Waals surface area contributed by atoms with Crippen LogP contribution in [-0.2, 0) is 20.6 Å². The van der Waals surface area contributed by atoms with E-state index in [0.717, 1.165) is 6.07 Å². The number of carbonyl (C=O) groups excluding carboxylic acids is 2. The molecule has 1 fully saturated rings. The van der Waals surface area contributed by atoms with Crippen molar-refractivity contribution in [1.29, 1.82) is 0 Å². The first-order valence-electron chi connectivity index (χ1n) is 12.2. The summed E-state index contributed by atoms with van der Waals surface area (Å²) in [6.45, 7) is 4.59. The number of nitrogens with one attached hydrogen (secondary N) is 1. The summed E-state index contributed by atoms with van der Waals surface area (Å²) in [5.41, 5.74) is -2.42. The Morgan fingerprint density at radius 2 is 1.77 bits per heavy atom. The Bertz CT molecular complexity index is 1420. The van der Waals surface area contributed by atoms with Crippen LogP contribution in [0.5, 0.6) is 0 Å². The predicted molar refractivity (Wildman–Crippen MR) is 143 cm³/mol. The van der Waals surface area contributed by atoms with E-state index in [1.165, 1.54) is 35.4 Å². The van der Waals surface area contributed by atoms with E-state index in [1.807, 2.05) is 0 Å². The molecular formula is C26H29ClF5N3O4S. The summed E-state index contributed by atoms with van der Waals surface area (Å²) < 4.78 is 90.7. The molecule has 0 aliphatic carbocycles. The van der Waals surface area contributed by atoms with E-state index >= 15 is 0 Å². The molecule has 1 saturated heterocycles. The van der Waals surface area contributed by atoms with Gasteiger partial charge in [0.1, 0.15) is 5.60 Å². The van der Waals surface area contributed by atoms with Crippen LogP contribution in [-0.4, -0.2) is 47.1 Å². The smallest absolute Gasteiger partial charge is 0.442 e. The number of benzene rings is 2. The molecule has 14 heteroatoms. The lowest BCUT2D eigenvalue weighted by molar-refractivity contribution is -0.137. The van der Waals surface area contributed by atoms with Gasteiger partial charge in [0.05, 0.1) is 31.6 Å². The lowest BCUT2D eigenvalue weighted by Crippen LogP contribution is -2.29. The molecule has 0 aromatic heterocycles. The highest BCUT2D eigenvalue weighted by Gasteiger charge is 2.37. The van der Waals surface area contributed by atoms with Crippen LogP contribution in [0.15, 0.2) is 45.7 Å². The van der Waals surface area contributed by atoms with Crippen LogP contribution in [0.1, 0.15) is 56.0 Å². The minimum Gasteiger partial charge on any atom is -0.442 e.